The van der Waals surface area contributed by atoms with Crippen molar-refractivity contribution in [3.05, 3.63) is 0 Å². The van der Waals surface area contributed by atoms with Crippen molar-refractivity contribution in [2.75, 3.05) is 13.1 Å². The normalized spacial score (nSPS) is 13.4. The van der Waals surface area contributed by atoms with E-state index in [-0.39, 0.29) is 0 Å². The van der Waals surface area contributed by atoms with Crippen LogP contribution in [0.15, 0.2) is 0 Å². The molecule has 2 nitrogen and oxygen atoms in total. The molecule has 0 rings (SSSR count). The molecule has 0 spiro atoms. The summed E-state index contributed by atoms with van der Waals surface area (Å²) in [6.45, 7) is 14.3. The lowest BCUT2D eigenvalue weighted by Gasteiger charge is -2.33. The van der Waals surface area contributed by atoms with E-state index in [0.717, 1.165) is 13.1 Å². The third-order valence-electron chi connectivity index (χ3n) is 1.92. The molecule has 0 saturated carbocycles. The first-order valence-corrected chi connectivity index (χ1v) is 5.19. The van der Waals surface area contributed by atoms with Gasteiger partial charge in [-0.1, -0.05) is 13.8 Å². The standard InChI is InChI=1S/C11H25NO/c1-9(2)7-12(10(3)4)8-11(5,6)13/h9-10,13H,7-8H2,1-6H3. The van der Waals surface area contributed by atoms with E-state index < -0.39 is 5.60 Å². The summed E-state index contributed by atoms with van der Waals surface area (Å²) in [5.41, 5.74) is -0.584. The van der Waals surface area contributed by atoms with Crippen molar-refractivity contribution in [3.63, 3.8) is 0 Å². The van der Waals surface area contributed by atoms with Crippen LogP contribution in [0, 0.1) is 5.92 Å². The van der Waals surface area contributed by atoms with E-state index in [4.69, 9.17) is 0 Å². The molecular formula is C11H25NO. The van der Waals surface area contributed by atoms with Crippen LogP contribution in [0.3, 0.4) is 0 Å². The molecule has 0 aromatic heterocycles. The maximum absolute atomic E-state index is 9.71. The second kappa shape index (κ2) is 4.97. The van der Waals surface area contributed by atoms with Gasteiger partial charge in [0.15, 0.2) is 0 Å². The molecule has 0 aliphatic rings. The average Bonchev–Trinajstić information content (AvgIpc) is 1.81. The van der Waals surface area contributed by atoms with Crippen LogP contribution in [0.1, 0.15) is 41.5 Å². The molecule has 0 aromatic rings. The molecule has 13 heavy (non-hydrogen) atoms. The van der Waals surface area contributed by atoms with Gasteiger partial charge in [0.1, 0.15) is 0 Å². The molecule has 1 N–H and O–H groups in total. The van der Waals surface area contributed by atoms with Crippen molar-refractivity contribution in [1.29, 1.82) is 0 Å². The Kier molecular flexibility index (Phi) is 4.93. The van der Waals surface area contributed by atoms with Gasteiger partial charge in [-0.2, -0.15) is 0 Å². The molecule has 0 unspecified atom stereocenters. The van der Waals surface area contributed by atoms with Gasteiger partial charge in [-0.05, 0) is 33.6 Å². The van der Waals surface area contributed by atoms with Crippen LogP contribution < -0.4 is 0 Å². The van der Waals surface area contributed by atoms with E-state index in [9.17, 15) is 5.11 Å². The monoisotopic (exact) mass is 187 g/mol. The van der Waals surface area contributed by atoms with Crippen molar-refractivity contribution < 1.29 is 5.11 Å². The fourth-order valence-corrected chi connectivity index (χ4v) is 1.42. The molecule has 0 fully saturated rings. The highest BCUT2D eigenvalue weighted by Gasteiger charge is 2.20. The molecule has 80 valence electrons. The summed E-state index contributed by atoms with van der Waals surface area (Å²) < 4.78 is 0. The molecule has 0 aliphatic heterocycles. The highest BCUT2D eigenvalue weighted by molar-refractivity contribution is 4.75. The SMILES string of the molecule is CC(C)CN(CC(C)(C)O)C(C)C. The Hall–Kier alpha value is -0.0800. The summed E-state index contributed by atoms with van der Waals surface area (Å²) in [6.07, 6.45) is 0. The minimum absolute atomic E-state index is 0.508. The first-order valence-electron chi connectivity index (χ1n) is 5.19. The Balaban J connectivity index is 4.11. The Bertz CT molecular complexity index is 136. The quantitative estimate of drug-likeness (QED) is 0.712. The fraction of sp³-hybridized carbons (Fsp3) is 1.00. The molecule has 0 bridgehead atoms. The first kappa shape index (κ1) is 12.9. The van der Waals surface area contributed by atoms with Crippen LogP contribution in [-0.4, -0.2) is 34.7 Å². The van der Waals surface area contributed by atoms with Crippen molar-refractivity contribution in [2.24, 2.45) is 5.92 Å². The number of rotatable bonds is 5. The highest BCUT2D eigenvalue weighted by atomic mass is 16.3. The topological polar surface area (TPSA) is 23.5 Å². The van der Waals surface area contributed by atoms with E-state index in [1.165, 1.54) is 0 Å². The average molecular weight is 187 g/mol. The Labute approximate surface area is 82.9 Å². The van der Waals surface area contributed by atoms with Gasteiger partial charge < -0.3 is 5.11 Å². The third kappa shape index (κ3) is 7.03. The fourth-order valence-electron chi connectivity index (χ4n) is 1.42. The van der Waals surface area contributed by atoms with Crippen LogP contribution in [-0.2, 0) is 0 Å². The summed E-state index contributed by atoms with van der Waals surface area (Å²) in [6, 6.07) is 0.508. The summed E-state index contributed by atoms with van der Waals surface area (Å²) in [5, 5.41) is 9.71. The lowest BCUT2D eigenvalue weighted by molar-refractivity contribution is 0.0215. The van der Waals surface area contributed by atoms with Gasteiger partial charge in [0, 0.05) is 19.1 Å². The predicted molar refractivity (Wildman–Crippen MR) is 57.8 cm³/mol. The minimum atomic E-state index is -0.584. The molecule has 0 amide bonds. The van der Waals surface area contributed by atoms with E-state index in [0.29, 0.717) is 12.0 Å². The maximum Gasteiger partial charge on any atom is 0.0718 e. The van der Waals surface area contributed by atoms with Gasteiger partial charge in [0.2, 0.25) is 0 Å². The number of aliphatic hydroxyl groups is 1. The van der Waals surface area contributed by atoms with Gasteiger partial charge in [-0.15, -0.1) is 0 Å². The Morgan fingerprint density at radius 3 is 1.85 bits per heavy atom. The Morgan fingerprint density at radius 1 is 1.15 bits per heavy atom. The minimum Gasteiger partial charge on any atom is -0.389 e. The van der Waals surface area contributed by atoms with Gasteiger partial charge in [0.05, 0.1) is 5.60 Å². The lowest BCUT2D eigenvalue weighted by Crippen LogP contribution is -2.43. The molecule has 2 heteroatoms. The predicted octanol–water partition coefficient (Wildman–Crippen LogP) is 2.12. The van der Waals surface area contributed by atoms with Crippen LogP contribution in [0.5, 0.6) is 0 Å². The molecule has 0 saturated heterocycles. The number of nitrogens with zero attached hydrogens (tertiary/aromatic N) is 1. The zero-order valence-corrected chi connectivity index (χ0v) is 9.96. The molecule has 0 aliphatic carbocycles. The maximum atomic E-state index is 9.71. The van der Waals surface area contributed by atoms with Crippen molar-refractivity contribution in [1.82, 2.24) is 4.90 Å². The number of hydrogen-bond donors (Lipinski definition) is 1. The molecule has 0 aromatic carbocycles. The van der Waals surface area contributed by atoms with Crippen LogP contribution in [0.25, 0.3) is 0 Å². The van der Waals surface area contributed by atoms with Crippen LogP contribution >= 0.6 is 0 Å². The van der Waals surface area contributed by atoms with Gasteiger partial charge in [0.25, 0.3) is 0 Å². The molecule has 0 radical (unpaired) electrons. The van der Waals surface area contributed by atoms with Gasteiger partial charge in [-0.25, -0.2) is 0 Å². The van der Waals surface area contributed by atoms with E-state index >= 15 is 0 Å². The smallest absolute Gasteiger partial charge is 0.0718 e. The van der Waals surface area contributed by atoms with Gasteiger partial charge in [-0.3, -0.25) is 4.90 Å². The third-order valence-corrected chi connectivity index (χ3v) is 1.92. The Morgan fingerprint density at radius 2 is 1.62 bits per heavy atom. The zero-order valence-electron chi connectivity index (χ0n) is 9.96. The lowest BCUT2D eigenvalue weighted by atomic mass is 10.1. The second-order valence-electron chi connectivity index (χ2n) is 5.23. The molecule has 0 atom stereocenters. The van der Waals surface area contributed by atoms with Crippen molar-refractivity contribution in [2.45, 2.75) is 53.2 Å². The number of hydrogen-bond acceptors (Lipinski definition) is 2. The highest BCUT2D eigenvalue weighted by Crippen LogP contribution is 2.10. The van der Waals surface area contributed by atoms with Crippen molar-refractivity contribution in [3.8, 4) is 0 Å². The van der Waals surface area contributed by atoms with Crippen LogP contribution in [0.4, 0.5) is 0 Å². The second-order valence-corrected chi connectivity index (χ2v) is 5.23. The molecule has 0 heterocycles. The van der Waals surface area contributed by atoms with E-state index in [2.05, 4.69) is 32.6 Å². The largest absolute Gasteiger partial charge is 0.389 e. The first-order chi connectivity index (χ1) is 5.72. The summed E-state index contributed by atoms with van der Waals surface area (Å²) in [5.74, 6) is 0.657. The van der Waals surface area contributed by atoms with E-state index in [1.807, 2.05) is 13.8 Å². The molecular weight excluding hydrogens is 162 g/mol. The van der Waals surface area contributed by atoms with Crippen molar-refractivity contribution >= 4 is 0 Å². The summed E-state index contributed by atoms with van der Waals surface area (Å²) in [4.78, 5) is 2.32. The summed E-state index contributed by atoms with van der Waals surface area (Å²) in [7, 11) is 0. The van der Waals surface area contributed by atoms with Gasteiger partial charge >= 0.3 is 0 Å². The van der Waals surface area contributed by atoms with Crippen LogP contribution in [0.2, 0.25) is 0 Å². The van der Waals surface area contributed by atoms with E-state index in [1.54, 1.807) is 0 Å². The zero-order chi connectivity index (χ0) is 10.6. The summed E-state index contributed by atoms with van der Waals surface area (Å²) >= 11 is 0.